The van der Waals surface area contributed by atoms with Crippen molar-refractivity contribution in [2.75, 3.05) is 19.6 Å². The summed E-state index contributed by atoms with van der Waals surface area (Å²) < 4.78 is 31.8. The topological polar surface area (TPSA) is 217 Å². The molecule has 1 aromatic heterocycles. The number of nitrogens with one attached hydrogen (secondary N) is 5. The van der Waals surface area contributed by atoms with E-state index in [0.29, 0.717) is 0 Å². The average Bonchev–Trinajstić information content (AvgIpc) is 3.24. The molecule has 0 saturated heterocycles. The van der Waals surface area contributed by atoms with Crippen molar-refractivity contribution in [3.8, 4) is 0 Å². The normalized spacial score (nSPS) is 11.5. The van der Waals surface area contributed by atoms with Gasteiger partial charge in [-0.2, -0.15) is 4.72 Å². The molecule has 8 N–H and O–H groups in total. The van der Waals surface area contributed by atoms with Crippen molar-refractivity contribution in [2.45, 2.75) is 10.9 Å². The number of halogens is 1. The third-order valence-electron chi connectivity index (χ3n) is 3.90. The van der Waals surface area contributed by atoms with E-state index in [2.05, 4.69) is 16.0 Å². The molecular formula is C18H23ClN6O7S. The number of carboxylic acid groups (broad SMARTS) is 1. The average molecular weight is 503 g/mol. The molecule has 13 nitrogen and oxygen atoms in total. The first-order valence-corrected chi connectivity index (χ1v) is 10.6. The van der Waals surface area contributed by atoms with Crippen LogP contribution >= 0.6 is 12.4 Å². The van der Waals surface area contributed by atoms with Crippen LogP contribution in [0, 0.1) is 5.41 Å². The Kier molecular flexibility index (Phi) is 10.3. The molecule has 0 saturated carbocycles. The number of hydrogen-bond donors (Lipinski definition) is 7. The first kappa shape index (κ1) is 27.4. The summed E-state index contributed by atoms with van der Waals surface area (Å²) in [6.45, 7) is -0.216. The molecule has 0 unspecified atom stereocenters. The van der Waals surface area contributed by atoms with Crippen LogP contribution in [0.2, 0.25) is 0 Å². The molecule has 0 fully saturated rings. The van der Waals surface area contributed by atoms with E-state index in [1.807, 2.05) is 4.72 Å². The molecule has 0 radical (unpaired) electrons. The van der Waals surface area contributed by atoms with Gasteiger partial charge in [-0.3, -0.25) is 19.8 Å². The number of guanidine groups is 1. The van der Waals surface area contributed by atoms with Gasteiger partial charge in [0.1, 0.15) is 6.04 Å². The minimum Gasteiger partial charge on any atom is -0.480 e. The summed E-state index contributed by atoms with van der Waals surface area (Å²) >= 11 is 0. The summed E-state index contributed by atoms with van der Waals surface area (Å²) in [5.41, 5.74) is 5.11. The number of benzene rings is 1. The standard InChI is InChI=1S/C18H22N6O7S.ClH/c19-18(20)22-9-8-21-15(25)13-6-7-14(31-13)16(26)23-10-12(17(27)28)24-32(29,30)11-4-2-1-3-5-11;/h1-7,12,24H,8-10H2,(H,21,25)(H,23,26)(H,27,28)(H4,19,20,22);1H/t12-;/m0./s1. The Morgan fingerprint density at radius 1 is 0.970 bits per heavy atom. The zero-order valence-corrected chi connectivity index (χ0v) is 18.7. The van der Waals surface area contributed by atoms with E-state index < -0.39 is 40.4 Å². The molecule has 2 aromatic rings. The number of aliphatic carboxylic acids is 1. The summed E-state index contributed by atoms with van der Waals surface area (Å²) in [5, 5.41) is 23.5. The fraction of sp³-hybridized carbons (Fsp3) is 0.222. The highest BCUT2D eigenvalue weighted by molar-refractivity contribution is 7.89. The Hall–Kier alpha value is -3.62. The van der Waals surface area contributed by atoms with E-state index in [1.165, 1.54) is 36.4 Å². The third-order valence-corrected chi connectivity index (χ3v) is 5.38. The summed E-state index contributed by atoms with van der Waals surface area (Å²) in [6.07, 6.45) is 0. The molecule has 2 rings (SSSR count). The van der Waals surface area contributed by atoms with Crippen LogP contribution in [-0.2, 0) is 14.8 Å². The fourth-order valence-corrected chi connectivity index (χ4v) is 3.57. The van der Waals surface area contributed by atoms with Crippen LogP contribution in [0.5, 0.6) is 0 Å². The van der Waals surface area contributed by atoms with E-state index in [0.717, 1.165) is 0 Å². The quantitative estimate of drug-likeness (QED) is 0.114. The van der Waals surface area contributed by atoms with Crippen LogP contribution in [0.25, 0.3) is 0 Å². The molecule has 15 heteroatoms. The van der Waals surface area contributed by atoms with Gasteiger partial charge in [0.05, 0.1) is 4.90 Å². The van der Waals surface area contributed by atoms with Crippen molar-refractivity contribution in [3.05, 3.63) is 54.0 Å². The van der Waals surface area contributed by atoms with Crippen LogP contribution in [0.4, 0.5) is 0 Å². The van der Waals surface area contributed by atoms with Crippen LogP contribution in [0.3, 0.4) is 0 Å². The molecule has 1 heterocycles. The predicted molar refractivity (Wildman–Crippen MR) is 119 cm³/mol. The minimum atomic E-state index is -4.13. The van der Waals surface area contributed by atoms with Crippen LogP contribution in [-0.4, -0.2) is 62.9 Å². The number of sulfonamides is 1. The highest BCUT2D eigenvalue weighted by Gasteiger charge is 2.26. The van der Waals surface area contributed by atoms with Crippen molar-refractivity contribution in [2.24, 2.45) is 5.73 Å². The number of carbonyl (C=O) groups excluding carboxylic acids is 2. The van der Waals surface area contributed by atoms with E-state index in [9.17, 15) is 27.9 Å². The van der Waals surface area contributed by atoms with Crippen molar-refractivity contribution >= 4 is 46.2 Å². The third kappa shape index (κ3) is 8.44. The maximum Gasteiger partial charge on any atom is 0.323 e. The molecule has 0 aliphatic heterocycles. The number of carboxylic acids is 1. The number of rotatable bonds is 11. The smallest absolute Gasteiger partial charge is 0.323 e. The van der Waals surface area contributed by atoms with Crippen LogP contribution in [0.15, 0.2) is 51.8 Å². The summed E-state index contributed by atoms with van der Waals surface area (Å²) in [4.78, 5) is 35.5. The Labute approximate surface area is 195 Å². The Balaban J connectivity index is 0.00000544. The van der Waals surface area contributed by atoms with Gasteiger partial charge in [0.2, 0.25) is 10.0 Å². The van der Waals surface area contributed by atoms with Crippen LogP contribution in [0.1, 0.15) is 21.1 Å². The molecule has 1 aromatic carbocycles. The summed E-state index contributed by atoms with van der Waals surface area (Å²) in [5.74, 6) is -3.64. The maximum atomic E-state index is 12.3. The number of carbonyl (C=O) groups is 3. The molecule has 33 heavy (non-hydrogen) atoms. The molecular weight excluding hydrogens is 480 g/mol. The lowest BCUT2D eigenvalue weighted by Crippen LogP contribution is -2.48. The van der Waals surface area contributed by atoms with Crippen molar-refractivity contribution in [1.29, 1.82) is 5.41 Å². The van der Waals surface area contributed by atoms with Gasteiger partial charge in [-0.05, 0) is 24.3 Å². The van der Waals surface area contributed by atoms with E-state index in [4.69, 9.17) is 15.6 Å². The maximum absolute atomic E-state index is 12.3. The van der Waals surface area contributed by atoms with Gasteiger partial charge in [-0.15, -0.1) is 12.4 Å². The second-order valence-electron chi connectivity index (χ2n) is 6.30. The number of amides is 2. The van der Waals surface area contributed by atoms with Gasteiger partial charge in [0.25, 0.3) is 11.8 Å². The number of hydrogen-bond acceptors (Lipinski definition) is 7. The second-order valence-corrected chi connectivity index (χ2v) is 8.01. The molecule has 0 bridgehead atoms. The highest BCUT2D eigenvalue weighted by atomic mass is 35.5. The minimum absolute atomic E-state index is 0. The monoisotopic (exact) mass is 502 g/mol. The first-order valence-electron chi connectivity index (χ1n) is 9.14. The lowest BCUT2D eigenvalue weighted by Gasteiger charge is -2.15. The Bertz CT molecular complexity index is 1090. The van der Waals surface area contributed by atoms with Gasteiger partial charge in [0.15, 0.2) is 17.5 Å². The van der Waals surface area contributed by atoms with Crippen molar-refractivity contribution in [1.82, 2.24) is 20.7 Å². The van der Waals surface area contributed by atoms with Gasteiger partial charge in [0, 0.05) is 19.6 Å². The van der Waals surface area contributed by atoms with Crippen molar-refractivity contribution in [3.63, 3.8) is 0 Å². The van der Waals surface area contributed by atoms with Gasteiger partial charge < -0.3 is 31.2 Å². The largest absolute Gasteiger partial charge is 0.480 e. The Morgan fingerprint density at radius 2 is 1.52 bits per heavy atom. The lowest BCUT2D eigenvalue weighted by atomic mass is 10.3. The van der Waals surface area contributed by atoms with Gasteiger partial charge in [-0.25, -0.2) is 8.42 Å². The van der Waals surface area contributed by atoms with E-state index in [-0.39, 0.29) is 47.9 Å². The van der Waals surface area contributed by atoms with Gasteiger partial charge in [-0.1, -0.05) is 18.2 Å². The van der Waals surface area contributed by atoms with E-state index >= 15 is 0 Å². The highest BCUT2D eigenvalue weighted by Crippen LogP contribution is 2.09. The van der Waals surface area contributed by atoms with Crippen molar-refractivity contribution < 1.29 is 32.3 Å². The summed E-state index contributed by atoms with van der Waals surface area (Å²) in [7, 11) is -4.13. The SMILES string of the molecule is Cl.N=C(N)NCCNC(=O)c1ccc(C(=O)NC[C@H](NS(=O)(=O)c2ccccc2)C(=O)O)o1. The Morgan fingerprint density at radius 3 is 2.06 bits per heavy atom. The molecule has 2 amide bonds. The zero-order chi connectivity index (χ0) is 23.7. The number of nitrogens with two attached hydrogens (primary N) is 1. The molecule has 0 spiro atoms. The molecule has 1 atom stereocenters. The fourth-order valence-electron chi connectivity index (χ4n) is 2.36. The van der Waals surface area contributed by atoms with E-state index in [1.54, 1.807) is 6.07 Å². The zero-order valence-electron chi connectivity index (χ0n) is 17.0. The van der Waals surface area contributed by atoms with Crippen LogP contribution < -0.4 is 26.4 Å². The summed E-state index contributed by atoms with van der Waals surface area (Å²) in [6, 6.07) is 7.98. The molecule has 0 aliphatic rings. The van der Waals surface area contributed by atoms with Gasteiger partial charge >= 0.3 is 5.97 Å². The molecule has 180 valence electrons. The number of furan rings is 1. The lowest BCUT2D eigenvalue weighted by molar-refractivity contribution is -0.138. The first-order chi connectivity index (χ1) is 15.1. The molecule has 0 aliphatic carbocycles. The second kappa shape index (κ2) is 12.4. The predicted octanol–water partition coefficient (Wildman–Crippen LogP) is -0.924.